The van der Waals surface area contributed by atoms with Gasteiger partial charge >= 0.3 is 5.97 Å². The minimum absolute atomic E-state index is 0.0804. The quantitative estimate of drug-likeness (QED) is 0.236. The van der Waals surface area contributed by atoms with E-state index in [0.717, 1.165) is 12.1 Å². The van der Waals surface area contributed by atoms with Gasteiger partial charge < -0.3 is 14.6 Å². The molecule has 0 aliphatic carbocycles. The molecule has 3 aromatic rings. The number of nitrogens with zero attached hydrogens (tertiary/aromatic N) is 2. The average Bonchev–Trinajstić information content (AvgIpc) is 3.14. The first kappa shape index (κ1) is 24.6. The Hall–Kier alpha value is -4.53. The average molecular weight is 490 g/mol. The molecular weight excluding hydrogens is 467 g/mol. The zero-order chi connectivity index (χ0) is 26.0. The van der Waals surface area contributed by atoms with E-state index in [4.69, 9.17) is 9.47 Å². The minimum Gasteiger partial charge on any atom is -0.507 e. The van der Waals surface area contributed by atoms with Crippen molar-refractivity contribution in [2.45, 2.75) is 26.0 Å². The lowest BCUT2D eigenvalue weighted by Crippen LogP contribution is -2.29. The summed E-state index contributed by atoms with van der Waals surface area (Å²) < 4.78 is 24.5. The van der Waals surface area contributed by atoms with Crippen molar-refractivity contribution in [3.8, 4) is 5.75 Å². The molecule has 0 saturated carbocycles. The summed E-state index contributed by atoms with van der Waals surface area (Å²) in [7, 11) is 1.34. The highest BCUT2D eigenvalue weighted by Gasteiger charge is 2.48. The molecule has 1 fully saturated rings. The van der Waals surface area contributed by atoms with Crippen molar-refractivity contribution in [1.29, 1.82) is 0 Å². The van der Waals surface area contributed by atoms with Crippen molar-refractivity contribution in [2.75, 3.05) is 12.0 Å². The predicted octanol–water partition coefficient (Wildman–Crippen LogP) is 4.42. The lowest BCUT2D eigenvalue weighted by atomic mass is 9.97. The fourth-order valence-electron chi connectivity index (χ4n) is 3.97. The number of halogens is 1. The van der Waals surface area contributed by atoms with Crippen molar-refractivity contribution < 1.29 is 33.4 Å². The molecule has 1 amide bonds. The number of hydrogen-bond donors (Lipinski definition) is 1. The van der Waals surface area contributed by atoms with Crippen LogP contribution >= 0.6 is 0 Å². The van der Waals surface area contributed by atoms with Crippen LogP contribution in [0, 0.1) is 5.82 Å². The van der Waals surface area contributed by atoms with E-state index in [2.05, 4.69) is 4.98 Å². The first-order valence-corrected chi connectivity index (χ1v) is 11.1. The van der Waals surface area contributed by atoms with Crippen molar-refractivity contribution in [1.82, 2.24) is 4.98 Å². The van der Waals surface area contributed by atoms with Crippen LogP contribution < -0.4 is 9.64 Å². The molecule has 1 saturated heterocycles. The molecular formula is C27H23FN2O6. The number of Topliss-reactive ketones (excluding diaryl/α,β-unsaturated/α-hetero) is 1. The Morgan fingerprint density at radius 3 is 2.42 bits per heavy atom. The zero-order valence-electron chi connectivity index (χ0n) is 19.8. The van der Waals surface area contributed by atoms with Crippen LogP contribution in [0.15, 0.2) is 72.4 Å². The second-order valence-electron chi connectivity index (χ2n) is 8.27. The summed E-state index contributed by atoms with van der Waals surface area (Å²) in [6.45, 7) is 3.46. The van der Waals surface area contributed by atoms with E-state index >= 15 is 0 Å². The molecule has 4 rings (SSSR count). The monoisotopic (exact) mass is 490 g/mol. The molecule has 1 aliphatic rings. The van der Waals surface area contributed by atoms with Crippen LogP contribution in [0.3, 0.4) is 0 Å². The van der Waals surface area contributed by atoms with Gasteiger partial charge in [0, 0.05) is 11.9 Å². The van der Waals surface area contributed by atoms with Crippen LogP contribution in [-0.2, 0) is 14.3 Å². The van der Waals surface area contributed by atoms with E-state index in [0.29, 0.717) is 11.4 Å². The van der Waals surface area contributed by atoms with Crippen LogP contribution in [0.1, 0.15) is 41.5 Å². The highest BCUT2D eigenvalue weighted by atomic mass is 19.1. The van der Waals surface area contributed by atoms with Crippen LogP contribution in [-0.4, -0.2) is 41.0 Å². The number of anilines is 1. The second kappa shape index (κ2) is 9.99. The van der Waals surface area contributed by atoms with Gasteiger partial charge in [0.25, 0.3) is 11.7 Å². The Morgan fingerprint density at radius 2 is 1.81 bits per heavy atom. The van der Waals surface area contributed by atoms with Gasteiger partial charge in [-0.2, -0.15) is 0 Å². The number of pyridine rings is 1. The Morgan fingerprint density at radius 1 is 1.08 bits per heavy atom. The number of carbonyl (C=O) groups excluding carboxylic acids is 3. The molecule has 36 heavy (non-hydrogen) atoms. The van der Waals surface area contributed by atoms with Gasteiger partial charge in [-0.3, -0.25) is 19.5 Å². The van der Waals surface area contributed by atoms with Gasteiger partial charge in [-0.1, -0.05) is 6.07 Å². The van der Waals surface area contributed by atoms with Gasteiger partial charge in [-0.05, 0) is 68.4 Å². The van der Waals surface area contributed by atoms with Gasteiger partial charge in [-0.15, -0.1) is 0 Å². The molecule has 2 aromatic carbocycles. The Labute approximate surface area is 206 Å². The normalized spacial score (nSPS) is 16.9. The van der Waals surface area contributed by atoms with Crippen molar-refractivity contribution in [3.63, 3.8) is 0 Å². The van der Waals surface area contributed by atoms with Gasteiger partial charge in [-0.25, -0.2) is 9.18 Å². The van der Waals surface area contributed by atoms with Gasteiger partial charge in [0.05, 0.1) is 35.6 Å². The Balaban J connectivity index is 1.86. The molecule has 1 unspecified atom stereocenters. The standard InChI is InChI=1S/C27H23FN2O6/c1-15(2)36-27(34)16-7-10-18(11-8-16)30-23(20-6-4-5-13-29-20)22(25(32)26(30)33)24(31)19-14-17(28)9-12-21(19)35-3/h4-15,23,31H,1-3H3/b24-22+. The molecule has 0 radical (unpaired) electrons. The SMILES string of the molecule is COc1ccc(F)cc1/C(O)=C1\C(=O)C(=O)N(c2ccc(C(=O)OC(C)C)cc2)C1c1ccccn1. The summed E-state index contributed by atoms with van der Waals surface area (Å²) >= 11 is 0. The lowest BCUT2D eigenvalue weighted by Gasteiger charge is -2.25. The maximum absolute atomic E-state index is 14.0. The smallest absolute Gasteiger partial charge is 0.338 e. The third-order valence-electron chi connectivity index (χ3n) is 5.55. The van der Waals surface area contributed by atoms with Gasteiger partial charge in [0.15, 0.2) is 0 Å². The fraction of sp³-hybridized carbons (Fsp3) is 0.185. The molecule has 9 heteroatoms. The molecule has 2 heterocycles. The first-order chi connectivity index (χ1) is 17.2. The summed E-state index contributed by atoms with van der Waals surface area (Å²) in [5.41, 5.74) is 0.507. The number of esters is 1. The number of ketones is 1. The van der Waals surface area contributed by atoms with Crippen LogP contribution in [0.4, 0.5) is 10.1 Å². The molecule has 1 atom stereocenters. The molecule has 0 spiro atoms. The number of amides is 1. The maximum Gasteiger partial charge on any atom is 0.338 e. The number of carbonyl (C=O) groups is 3. The van der Waals surface area contributed by atoms with Crippen LogP contribution in [0.25, 0.3) is 5.76 Å². The summed E-state index contributed by atoms with van der Waals surface area (Å²) in [4.78, 5) is 44.2. The van der Waals surface area contributed by atoms with E-state index in [1.165, 1.54) is 48.5 Å². The number of ether oxygens (including phenoxy) is 2. The summed E-state index contributed by atoms with van der Waals surface area (Å²) in [5.74, 6) is -3.56. The maximum atomic E-state index is 14.0. The molecule has 8 nitrogen and oxygen atoms in total. The van der Waals surface area contributed by atoms with Crippen LogP contribution in [0.2, 0.25) is 0 Å². The van der Waals surface area contributed by atoms with Gasteiger partial charge in [0.1, 0.15) is 23.4 Å². The predicted molar refractivity (Wildman–Crippen MR) is 129 cm³/mol. The van der Waals surface area contributed by atoms with Crippen molar-refractivity contribution >= 4 is 29.1 Å². The fourth-order valence-corrected chi connectivity index (χ4v) is 3.97. The van der Waals surface area contributed by atoms with Gasteiger partial charge in [0.2, 0.25) is 0 Å². The van der Waals surface area contributed by atoms with E-state index in [-0.39, 0.29) is 28.6 Å². The minimum atomic E-state index is -1.12. The molecule has 1 aliphatic heterocycles. The van der Waals surface area contributed by atoms with E-state index < -0.39 is 35.3 Å². The number of hydrogen-bond acceptors (Lipinski definition) is 7. The number of aliphatic hydroxyl groups excluding tert-OH is 1. The number of rotatable bonds is 6. The number of benzene rings is 2. The van der Waals surface area contributed by atoms with E-state index in [1.807, 2.05) is 0 Å². The molecule has 1 aromatic heterocycles. The largest absolute Gasteiger partial charge is 0.507 e. The summed E-state index contributed by atoms with van der Waals surface area (Å²) in [6, 6.07) is 13.3. The third-order valence-corrected chi connectivity index (χ3v) is 5.55. The second-order valence-corrected chi connectivity index (χ2v) is 8.27. The molecule has 1 N–H and O–H groups in total. The Bertz CT molecular complexity index is 1350. The molecule has 0 bridgehead atoms. The van der Waals surface area contributed by atoms with E-state index in [9.17, 15) is 23.9 Å². The zero-order valence-corrected chi connectivity index (χ0v) is 19.8. The van der Waals surface area contributed by atoms with Crippen molar-refractivity contribution in [3.05, 3.63) is 95.1 Å². The summed E-state index contributed by atoms with van der Waals surface area (Å²) in [5, 5.41) is 11.2. The highest BCUT2D eigenvalue weighted by molar-refractivity contribution is 6.51. The highest BCUT2D eigenvalue weighted by Crippen LogP contribution is 2.42. The lowest BCUT2D eigenvalue weighted by molar-refractivity contribution is -0.132. The molecule has 184 valence electrons. The third kappa shape index (κ3) is 4.55. The van der Waals surface area contributed by atoms with Crippen LogP contribution in [0.5, 0.6) is 5.75 Å². The van der Waals surface area contributed by atoms with Crippen molar-refractivity contribution in [2.24, 2.45) is 0 Å². The number of aromatic nitrogens is 1. The number of methoxy groups -OCH3 is 1. The topological polar surface area (TPSA) is 106 Å². The summed E-state index contributed by atoms with van der Waals surface area (Å²) in [6.07, 6.45) is 1.18. The Kier molecular flexibility index (Phi) is 6.82. The first-order valence-electron chi connectivity index (χ1n) is 11.1. The van der Waals surface area contributed by atoms with E-state index in [1.54, 1.807) is 32.0 Å². The number of aliphatic hydroxyl groups is 1.